The van der Waals surface area contributed by atoms with Gasteiger partial charge in [-0.3, -0.25) is 10.1 Å². The number of carbonyl (C=O) groups is 2. The molecular formula is C15H14ClF3N4O3. The highest BCUT2D eigenvalue weighted by Crippen LogP contribution is 2.35. The molecule has 0 aliphatic heterocycles. The van der Waals surface area contributed by atoms with E-state index in [1.165, 1.54) is 24.3 Å². The highest BCUT2D eigenvalue weighted by atomic mass is 35.5. The molecule has 0 aliphatic carbocycles. The van der Waals surface area contributed by atoms with Crippen LogP contribution in [0.5, 0.6) is 5.75 Å². The number of aromatic nitrogens is 1. The van der Waals surface area contributed by atoms with Crippen LogP contribution in [0.1, 0.15) is 16.8 Å². The SMILES string of the molecule is NC(=O)Nc1[nH]c(-c2cc(Cl)ccc2OCCC(F)(F)F)cc1C(N)=O. The first-order valence-electron chi connectivity index (χ1n) is 7.15. The summed E-state index contributed by atoms with van der Waals surface area (Å²) in [6.07, 6.45) is -5.50. The Hall–Kier alpha value is -2.88. The van der Waals surface area contributed by atoms with Crippen molar-refractivity contribution in [2.24, 2.45) is 11.5 Å². The minimum atomic E-state index is -4.36. The number of nitrogens with one attached hydrogen (secondary N) is 2. The fourth-order valence-corrected chi connectivity index (χ4v) is 2.30. The van der Waals surface area contributed by atoms with Crippen LogP contribution in [-0.2, 0) is 0 Å². The van der Waals surface area contributed by atoms with Gasteiger partial charge in [-0.25, -0.2) is 4.79 Å². The van der Waals surface area contributed by atoms with Crippen LogP contribution in [0.15, 0.2) is 24.3 Å². The standard InChI is InChI=1S/C15H14ClF3N4O3/c16-7-1-2-11(26-4-3-15(17,18)19)8(5-7)10-6-9(12(20)24)13(22-10)23-14(21)25/h1-2,5-6,22H,3-4H2,(H2,20,24)(H3,21,23,25). The lowest BCUT2D eigenvalue weighted by molar-refractivity contribution is -0.139. The molecule has 0 fully saturated rings. The number of ether oxygens (including phenoxy) is 1. The molecule has 6 N–H and O–H groups in total. The summed E-state index contributed by atoms with van der Waals surface area (Å²) < 4.78 is 42.1. The van der Waals surface area contributed by atoms with Crippen molar-refractivity contribution in [1.82, 2.24) is 4.98 Å². The Kier molecular flexibility index (Phi) is 5.66. The third kappa shape index (κ3) is 5.06. The predicted octanol–water partition coefficient (Wildman–Crippen LogP) is 3.26. The minimum absolute atomic E-state index is 0.0544. The Morgan fingerprint density at radius 3 is 2.50 bits per heavy atom. The van der Waals surface area contributed by atoms with E-state index >= 15 is 0 Å². The second kappa shape index (κ2) is 7.56. The molecule has 0 unspecified atom stereocenters. The van der Waals surface area contributed by atoms with Crippen LogP contribution in [0.25, 0.3) is 11.3 Å². The Balaban J connectivity index is 2.39. The second-order valence-corrected chi connectivity index (χ2v) is 5.62. The topological polar surface area (TPSA) is 123 Å². The largest absolute Gasteiger partial charge is 0.493 e. The number of rotatable bonds is 6. The number of anilines is 1. The monoisotopic (exact) mass is 390 g/mol. The molecule has 2 aromatic rings. The lowest BCUT2D eigenvalue weighted by atomic mass is 10.1. The molecule has 0 spiro atoms. The lowest BCUT2D eigenvalue weighted by Crippen LogP contribution is -2.22. The van der Waals surface area contributed by atoms with Crippen LogP contribution < -0.4 is 21.5 Å². The van der Waals surface area contributed by atoms with Crippen LogP contribution in [-0.4, -0.2) is 29.7 Å². The van der Waals surface area contributed by atoms with Crippen molar-refractivity contribution in [2.75, 3.05) is 11.9 Å². The molecule has 140 valence electrons. The molecule has 0 bridgehead atoms. The number of carbonyl (C=O) groups excluding carboxylic acids is 2. The van der Waals surface area contributed by atoms with Crippen LogP contribution in [0, 0.1) is 0 Å². The number of aromatic amines is 1. The summed E-state index contributed by atoms with van der Waals surface area (Å²) in [5.74, 6) is -0.805. The van der Waals surface area contributed by atoms with Gasteiger partial charge in [0.15, 0.2) is 0 Å². The number of hydrogen-bond acceptors (Lipinski definition) is 3. The minimum Gasteiger partial charge on any atom is -0.493 e. The zero-order chi connectivity index (χ0) is 19.5. The molecule has 11 heteroatoms. The van der Waals surface area contributed by atoms with Gasteiger partial charge in [0.05, 0.1) is 24.3 Å². The van der Waals surface area contributed by atoms with Gasteiger partial charge in [-0.2, -0.15) is 13.2 Å². The van der Waals surface area contributed by atoms with Gasteiger partial charge >= 0.3 is 12.2 Å². The lowest BCUT2D eigenvalue weighted by Gasteiger charge is -2.12. The maximum Gasteiger partial charge on any atom is 0.392 e. The van der Waals surface area contributed by atoms with Crippen LogP contribution in [0.2, 0.25) is 5.02 Å². The fourth-order valence-electron chi connectivity index (χ4n) is 2.13. The molecule has 1 aromatic carbocycles. The van der Waals surface area contributed by atoms with Crippen LogP contribution >= 0.6 is 11.6 Å². The maximum absolute atomic E-state index is 12.3. The van der Waals surface area contributed by atoms with E-state index in [2.05, 4.69) is 10.3 Å². The second-order valence-electron chi connectivity index (χ2n) is 5.18. The first-order chi connectivity index (χ1) is 12.1. The molecule has 3 amide bonds. The van der Waals surface area contributed by atoms with Crippen LogP contribution in [0.3, 0.4) is 0 Å². The fraction of sp³-hybridized carbons (Fsp3) is 0.200. The summed E-state index contributed by atoms with van der Waals surface area (Å²) in [5.41, 5.74) is 10.7. The summed E-state index contributed by atoms with van der Waals surface area (Å²) in [4.78, 5) is 25.3. The quantitative estimate of drug-likeness (QED) is 0.605. The first kappa shape index (κ1) is 19.4. The molecule has 26 heavy (non-hydrogen) atoms. The number of urea groups is 1. The molecule has 0 saturated carbocycles. The Labute approximate surface area is 150 Å². The van der Waals surface area contributed by atoms with Crippen molar-refractivity contribution in [2.45, 2.75) is 12.6 Å². The molecule has 0 radical (unpaired) electrons. The van der Waals surface area contributed by atoms with Crippen molar-refractivity contribution < 1.29 is 27.5 Å². The summed E-state index contributed by atoms with van der Waals surface area (Å²) in [6, 6.07) is 4.62. The molecule has 1 heterocycles. The molecule has 1 aromatic heterocycles. The summed E-state index contributed by atoms with van der Waals surface area (Å²) >= 11 is 5.94. The zero-order valence-corrected chi connectivity index (χ0v) is 13.9. The van der Waals surface area contributed by atoms with Crippen molar-refractivity contribution in [3.63, 3.8) is 0 Å². The smallest absolute Gasteiger partial charge is 0.392 e. The highest BCUT2D eigenvalue weighted by molar-refractivity contribution is 6.31. The highest BCUT2D eigenvalue weighted by Gasteiger charge is 2.27. The number of benzene rings is 1. The van der Waals surface area contributed by atoms with Gasteiger partial charge in [-0.05, 0) is 24.3 Å². The average Bonchev–Trinajstić information content (AvgIpc) is 2.90. The number of primary amides is 2. The molecule has 0 atom stereocenters. The number of H-pyrrole nitrogens is 1. The van der Waals surface area contributed by atoms with E-state index in [1.54, 1.807) is 0 Å². The third-order valence-corrected chi connectivity index (χ3v) is 3.44. The Morgan fingerprint density at radius 2 is 1.92 bits per heavy atom. The van der Waals surface area contributed by atoms with Gasteiger partial charge in [-0.15, -0.1) is 0 Å². The maximum atomic E-state index is 12.3. The number of alkyl halides is 3. The van der Waals surface area contributed by atoms with Gasteiger partial charge in [0.25, 0.3) is 5.91 Å². The van der Waals surface area contributed by atoms with E-state index in [4.69, 9.17) is 27.8 Å². The number of amides is 3. The van der Waals surface area contributed by atoms with Crippen molar-refractivity contribution >= 4 is 29.4 Å². The van der Waals surface area contributed by atoms with E-state index in [1.807, 2.05) is 0 Å². The Morgan fingerprint density at radius 1 is 1.23 bits per heavy atom. The summed E-state index contributed by atoms with van der Waals surface area (Å²) in [6.45, 7) is -0.603. The van der Waals surface area contributed by atoms with E-state index in [-0.39, 0.29) is 33.4 Å². The van der Waals surface area contributed by atoms with Gasteiger partial charge in [0.1, 0.15) is 11.6 Å². The first-order valence-corrected chi connectivity index (χ1v) is 7.53. The molecule has 2 rings (SSSR count). The van der Waals surface area contributed by atoms with Gasteiger partial charge < -0.3 is 21.2 Å². The molecule has 0 aliphatic rings. The number of nitrogens with two attached hydrogens (primary N) is 2. The van der Waals surface area contributed by atoms with Gasteiger partial charge in [0.2, 0.25) is 0 Å². The zero-order valence-electron chi connectivity index (χ0n) is 13.1. The summed E-state index contributed by atoms with van der Waals surface area (Å²) in [5, 5.41) is 2.48. The average molecular weight is 391 g/mol. The van der Waals surface area contributed by atoms with E-state index in [0.29, 0.717) is 0 Å². The third-order valence-electron chi connectivity index (χ3n) is 3.21. The van der Waals surface area contributed by atoms with Crippen molar-refractivity contribution in [3.05, 3.63) is 34.9 Å². The van der Waals surface area contributed by atoms with Crippen molar-refractivity contribution in [1.29, 1.82) is 0 Å². The van der Waals surface area contributed by atoms with E-state index in [0.717, 1.165) is 0 Å². The predicted molar refractivity (Wildman–Crippen MR) is 89.1 cm³/mol. The van der Waals surface area contributed by atoms with Crippen molar-refractivity contribution in [3.8, 4) is 17.0 Å². The number of halogens is 4. The molecule has 7 nitrogen and oxygen atoms in total. The molecule has 0 saturated heterocycles. The van der Waals surface area contributed by atoms with Crippen LogP contribution in [0.4, 0.5) is 23.8 Å². The Bertz CT molecular complexity index is 836. The molecular weight excluding hydrogens is 377 g/mol. The van der Waals surface area contributed by atoms with Gasteiger partial charge in [-0.1, -0.05) is 11.6 Å². The van der Waals surface area contributed by atoms with E-state index < -0.39 is 31.1 Å². The summed E-state index contributed by atoms with van der Waals surface area (Å²) in [7, 11) is 0. The number of hydrogen-bond donors (Lipinski definition) is 4. The normalized spacial score (nSPS) is 11.2. The van der Waals surface area contributed by atoms with E-state index in [9.17, 15) is 22.8 Å². The van der Waals surface area contributed by atoms with Gasteiger partial charge in [0, 0.05) is 10.6 Å².